The van der Waals surface area contributed by atoms with Crippen LogP contribution in [0.1, 0.15) is 27.7 Å². The Bertz CT molecular complexity index is 182. The van der Waals surface area contributed by atoms with Gasteiger partial charge in [0, 0.05) is 0 Å². The Balaban J connectivity index is 4.18. The third-order valence-electron chi connectivity index (χ3n) is 1.68. The van der Waals surface area contributed by atoms with Gasteiger partial charge in [-0.2, -0.15) is 0 Å². The first kappa shape index (κ1) is 10.2. The van der Waals surface area contributed by atoms with Gasteiger partial charge in [0.05, 0.1) is 0 Å². The van der Waals surface area contributed by atoms with E-state index in [0.717, 1.165) is 5.57 Å². The topological polar surface area (TPSA) is 0 Å². The predicted octanol–water partition coefficient (Wildman–Crippen LogP) is 3.72. The SMILES string of the molecule is C=C(C)C(C)=CC(C)C=CC. The maximum atomic E-state index is 3.88. The van der Waals surface area contributed by atoms with Crippen LogP contribution < -0.4 is 0 Å². The van der Waals surface area contributed by atoms with Gasteiger partial charge in [-0.3, -0.25) is 0 Å². The zero-order valence-electron chi connectivity index (χ0n) is 8.02. The predicted molar refractivity (Wildman–Crippen MR) is 52.5 cm³/mol. The summed E-state index contributed by atoms with van der Waals surface area (Å²) in [7, 11) is 0. The Morgan fingerprint density at radius 1 is 1.36 bits per heavy atom. The van der Waals surface area contributed by atoms with E-state index in [9.17, 15) is 0 Å². The molecule has 0 nitrogen and oxygen atoms in total. The average Bonchev–Trinajstić information content (AvgIpc) is 1.87. The summed E-state index contributed by atoms with van der Waals surface area (Å²) in [6.45, 7) is 12.2. The van der Waals surface area contributed by atoms with Crippen LogP contribution in [0.25, 0.3) is 0 Å². The molecule has 0 aromatic heterocycles. The van der Waals surface area contributed by atoms with Crippen molar-refractivity contribution >= 4 is 0 Å². The van der Waals surface area contributed by atoms with Gasteiger partial charge in [-0.25, -0.2) is 0 Å². The van der Waals surface area contributed by atoms with Crippen molar-refractivity contribution in [2.45, 2.75) is 27.7 Å². The molecule has 0 saturated heterocycles. The van der Waals surface area contributed by atoms with Crippen LogP contribution in [0.4, 0.5) is 0 Å². The standard InChI is InChI=1S/C11H18/c1-6-7-10(4)8-11(5)9(2)3/h6-8,10H,2H2,1,3-5H3. The molecule has 0 N–H and O–H groups in total. The lowest BCUT2D eigenvalue weighted by molar-refractivity contribution is 0.924. The van der Waals surface area contributed by atoms with Crippen molar-refractivity contribution in [3.8, 4) is 0 Å². The number of hydrogen-bond donors (Lipinski definition) is 0. The third kappa shape index (κ3) is 4.60. The molecule has 0 fully saturated rings. The van der Waals surface area contributed by atoms with E-state index in [1.54, 1.807) is 0 Å². The Kier molecular flexibility index (Phi) is 4.60. The van der Waals surface area contributed by atoms with Gasteiger partial charge in [0.1, 0.15) is 0 Å². The summed E-state index contributed by atoms with van der Waals surface area (Å²) in [5.74, 6) is 0.525. The second kappa shape index (κ2) is 4.95. The van der Waals surface area contributed by atoms with Crippen molar-refractivity contribution in [2.75, 3.05) is 0 Å². The molecular formula is C11H18. The molecule has 62 valence electrons. The summed E-state index contributed by atoms with van der Waals surface area (Å²) in [5, 5.41) is 0. The first-order valence-corrected chi connectivity index (χ1v) is 4.05. The highest BCUT2D eigenvalue weighted by Crippen LogP contribution is 2.10. The molecule has 0 aliphatic carbocycles. The summed E-state index contributed by atoms with van der Waals surface area (Å²) in [6, 6.07) is 0. The Labute approximate surface area is 70.3 Å². The molecule has 0 aromatic carbocycles. The lowest BCUT2D eigenvalue weighted by Crippen LogP contribution is -1.85. The van der Waals surface area contributed by atoms with Gasteiger partial charge in [0.15, 0.2) is 0 Å². The van der Waals surface area contributed by atoms with E-state index < -0.39 is 0 Å². The fourth-order valence-electron chi connectivity index (χ4n) is 0.896. The monoisotopic (exact) mass is 150 g/mol. The molecule has 0 aliphatic heterocycles. The highest BCUT2D eigenvalue weighted by molar-refractivity contribution is 5.25. The van der Waals surface area contributed by atoms with Crippen molar-refractivity contribution in [3.63, 3.8) is 0 Å². The lowest BCUT2D eigenvalue weighted by Gasteiger charge is -2.02. The summed E-state index contributed by atoms with van der Waals surface area (Å²) >= 11 is 0. The Hall–Kier alpha value is -0.780. The van der Waals surface area contributed by atoms with Crippen LogP contribution in [0.15, 0.2) is 36.0 Å². The normalized spacial score (nSPS) is 15.5. The first-order valence-electron chi connectivity index (χ1n) is 4.05. The van der Waals surface area contributed by atoms with Crippen molar-refractivity contribution in [2.24, 2.45) is 5.92 Å². The lowest BCUT2D eigenvalue weighted by atomic mass is 10.0. The fraction of sp³-hybridized carbons (Fsp3) is 0.455. The highest BCUT2D eigenvalue weighted by Gasteiger charge is 1.93. The molecule has 0 bridgehead atoms. The molecule has 1 unspecified atom stereocenters. The molecule has 0 aromatic rings. The second-order valence-electron chi connectivity index (χ2n) is 3.01. The van der Waals surface area contributed by atoms with Gasteiger partial charge < -0.3 is 0 Å². The smallest absolute Gasteiger partial charge is 0.00762 e. The van der Waals surface area contributed by atoms with Crippen LogP contribution in [0.3, 0.4) is 0 Å². The molecule has 0 radical (unpaired) electrons. The zero-order valence-corrected chi connectivity index (χ0v) is 8.02. The molecule has 0 amide bonds. The molecule has 1 atom stereocenters. The van der Waals surface area contributed by atoms with Crippen LogP contribution in [0.5, 0.6) is 0 Å². The Morgan fingerprint density at radius 2 is 1.91 bits per heavy atom. The van der Waals surface area contributed by atoms with Crippen molar-refractivity contribution in [3.05, 3.63) is 36.0 Å². The van der Waals surface area contributed by atoms with Gasteiger partial charge in [0.25, 0.3) is 0 Å². The van der Waals surface area contributed by atoms with E-state index in [2.05, 4.69) is 38.7 Å². The van der Waals surface area contributed by atoms with E-state index in [-0.39, 0.29) is 0 Å². The van der Waals surface area contributed by atoms with Crippen LogP contribution in [-0.4, -0.2) is 0 Å². The minimum Gasteiger partial charge on any atom is -0.0959 e. The van der Waals surface area contributed by atoms with Crippen molar-refractivity contribution in [1.82, 2.24) is 0 Å². The van der Waals surface area contributed by atoms with Crippen LogP contribution in [0, 0.1) is 5.92 Å². The maximum Gasteiger partial charge on any atom is -0.00762 e. The number of hydrogen-bond acceptors (Lipinski definition) is 0. The Morgan fingerprint density at radius 3 is 2.27 bits per heavy atom. The zero-order chi connectivity index (χ0) is 8.85. The van der Waals surface area contributed by atoms with Gasteiger partial charge in [-0.05, 0) is 26.7 Å². The molecule has 0 spiro atoms. The molecule has 11 heavy (non-hydrogen) atoms. The van der Waals surface area contributed by atoms with E-state index in [0.29, 0.717) is 5.92 Å². The number of allylic oxidation sites excluding steroid dienone is 5. The van der Waals surface area contributed by atoms with Gasteiger partial charge in [0.2, 0.25) is 0 Å². The minimum atomic E-state index is 0.525. The summed E-state index contributed by atoms with van der Waals surface area (Å²) in [6.07, 6.45) is 6.47. The quantitative estimate of drug-likeness (QED) is 0.425. The summed E-state index contributed by atoms with van der Waals surface area (Å²) < 4.78 is 0. The highest BCUT2D eigenvalue weighted by atomic mass is 14.0. The largest absolute Gasteiger partial charge is 0.0959 e. The molecule has 0 heterocycles. The molecule has 0 aliphatic rings. The number of rotatable bonds is 3. The third-order valence-corrected chi connectivity index (χ3v) is 1.68. The van der Waals surface area contributed by atoms with E-state index in [1.807, 2.05) is 13.8 Å². The molecule has 0 heteroatoms. The van der Waals surface area contributed by atoms with Gasteiger partial charge in [-0.15, -0.1) is 0 Å². The first-order chi connectivity index (χ1) is 5.07. The van der Waals surface area contributed by atoms with Crippen molar-refractivity contribution < 1.29 is 0 Å². The maximum absolute atomic E-state index is 3.88. The summed E-state index contributed by atoms with van der Waals surface area (Å²) in [4.78, 5) is 0. The van der Waals surface area contributed by atoms with Gasteiger partial charge >= 0.3 is 0 Å². The van der Waals surface area contributed by atoms with E-state index >= 15 is 0 Å². The van der Waals surface area contributed by atoms with Crippen LogP contribution in [0.2, 0.25) is 0 Å². The van der Waals surface area contributed by atoms with Crippen LogP contribution in [-0.2, 0) is 0 Å². The van der Waals surface area contributed by atoms with Crippen molar-refractivity contribution in [1.29, 1.82) is 0 Å². The minimum absolute atomic E-state index is 0.525. The van der Waals surface area contributed by atoms with Gasteiger partial charge in [-0.1, -0.05) is 42.9 Å². The van der Waals surface area contributed by atoms with E-state index in [1.165, 1.54) is 5.57 Å². The molecule has 0 rings (SSSR count). The molecular weight excluding hydrogens is 132 g/mol. The second-order valence-corrected chi connectivity index (χ2v) is 3.01. The average molecular weight is 150 g/mol. The molecule has 0 saturated carbocycles. The van der Waals surface area contributed by atoms with Crippen LogP contribution >= 0.6 is 0 Å². The van der Waals surface area contributed by atoms with E-state index in [4.69, 9.17) is 0 Å². The fourth-order valence-corrected chi connectivity index (χ4v) is 0.896. The summed E-state index contributed by atoms with van der Waals surface area (Å²) in [5.41, 5.74) is 2.44.